The van der Waals surface area contributed by atoms with E-state index in [1.807, 2.05) is 19.1 Å². The van der Waals surface area contributed by atoms with Gasteiger partial charge in [0.15, 0.2) is 6.61 Å². The highest BCUT2D eigenvalue weighted by Gasteiger charge is 2.15. The zero-order chi connectivity index (χ0) is 25.4. The third-order valence-corrected chi connectivity index (χ3v) is 5.55. The smallest absolute Gasteiger partial charge is 0.329 e. The lowest BCUT2D eigenvalue weighted by Gasteiger charge is -2.09. The molecule has 8 nitrogen and oxygen atoms in total. The molecule has 0 aromatic heterocycles. The van der Waals surface area contributed by atoms with Gasteiger partial charge in [0.1, 0.15) is 5.75 Å². The lowest BCUT2D eigenvalue weighted by atomic mass is 10.2. The lowest BCUT2D eigenvalue weighted by Crippen LogP contribution is -2.32. The van der Waals surface area contributed by atoms with Crippen molar-refractivity contribution >= 4 is 70.1 Å². The summed E-state index contributed by atoms with van der Waals surface area (Å²) >= 11 is 18.1. The van der Waals surface area contributed by atoms with Gasteiger partial charge in [0.2, 0.25) is 0 Å². The van der Waals surface area contributed by atoms with Crippen molar-refractivity contribution in [3.63, 3.8) is 0 Å². The first-order valence-electron chi connectivity index (χ1n) is 10.1. The van der Waals surface area contributed by atoms with Gasteiger partial charge in [-0.25, -0.2) is 5.43 Å². The van der Waals surface area contributed by atoms with Crippen molar-refractivity contribution in [2.45, 2.75) is 6.92 Å². The predicted octanol–water partition coefficient (Wildman–Crippen LogP) is 5.06. The molecule has 11 heteroatoms. The molecule has 35 heavy (non-hydrogen) atoms. The van der Waals surface area contributed by atoms with Crippen LogP contribution in [0.3, 0.4) is 0 Å². The van der Waals surface area contributed by atoms with Crippen molar-refractivity contribution in [2.24, 2.45) is 5.10 Å². The Morgan fingerprint density at radius 1 is 0.914 bits per heavy atom. The number of halogens is 3. The summed E-state index contributed by atoms with van der Waals surface area (Å²) < 4.78 is 5.47. The fraction of sp³-hybridized carbons (Fsp3) is 0.0833. The Kier molecular flexibility index (Phi) is 9.08. The fourth-order valence-electron chi connectivity index (χ4n) is 2.69. The van der Waals surface area contributed by atoms with Crippen LogP contribution in [0.1, 0.15) is 11.1 Å². The molecule has 0 radical (unpaired) electrons. The molecule has 0 bridgehead atoms. The quantitative estimate of drug-likeness (QED) is 0.224. The summed E-state index contributed by atoms with van der Waals surface area (Å²) in [6, 6.07) is 16.7. The van der Waals surface area contributed by atoms with Crippen LogP contribution in [0.5, 0.6) is 5.75 Å². The van der Waals surface area contributed by atoms with E-state index >= 15 is 0 Å². The van der Waals surface area contributed by atoms with Crippen molar-refractivity contribution in [3.05, 3.63) is 86.9 Å². The lowest BCUT2D eigenvalue weighted by molar-refractivity contribution is -0.136. The summed E-state index contributed by atoms with van der Waals surface area (Å²) in [5.41, 5.74) is 4.56. The molecule has 0 saturated heterocycles. The number of rotatable bonds is 7. The van der Waals surface area contributed by atoms with Gasteiger partial charge in [-0.2, -0.15) is 5.10 Å². The number of hydrazone groups is 1. The highest BCUT2D eigenvalue weighted by atomic mass is 35.5. The molecular formula is C24H19Cl3N4O4. The maximum Gasteiger partial charge on any atom is 0.329 e. The SMILES string of the molecule is Cc1ccc(NC(=O)COc2ccc(/C=N\NC(=O)C(=O)Nc3cccc(Cl)c3Cl)cc2Cl)cc1. The number of carbonyl (C=O) groups is 3. The van der Waals surface area contributed by atoms with E-state index in [-0.39, 0.29) is 33.3 Å². The van der Waals surface area contributed by atoms with Gasteiger partial charge in [-0.05, 0) is 55.0 Å². The second-order valence-electron chi connectivity index (χ2n) is 7.15. The number of ether oxygens (including phenoxy) is 1. The van der Waals surface area contributed by atoms with Crippen LogP contribution < -0.4 is 20.8 Å². The van der Waals surface area contributed by atoms with Crippen molar-refractivity contribution in [2.75, 3.05) is 17.2 Å². The van der Waals surface area contributed by atoms with Crippen molar-refractivity contribution in [3.8, 4) is 5.75 Å². The first kappa shape index (κ1) is 26.0. The molecule has 0 aliphatic rings. The molecule has 3 aromatic rings. The number of aryl methyl sites for hydroxylation is 1. The topological polar surface area (TPSA) is 109 Å². The van der Waals surface area contributed by atoms with Gasteiger partial charge >= 0.3 is 11.8 Å². The molecule has 0 unspecified atom stereocenters. The van der Waals surface area contributed by atoms with Gasteiger partial charge < -0.3 is 15.4 Å². The highest BCUT2D eigenvalue weighted by Crippen LogP contribution is 2.29. The maximum atomic E-state index is 12.1. The molecule has 0 fully saturated rings. The van der Waals surface area contributed by atoms with E-state index in [1.54, 1.807) is 36.4 Å². The molecule has 0 atom stereocenters. The van der Waals surface area contributed by atoms with E-state index < -0.39 is 11.8 Å². The summed E-state index contributed by atoms with van der Waals surface area (Å²) in [6.45, 7) is 1.72. The van der Waals surface area contributed by atoms with Gasteiger partial charge in [0.05, 0.1) is 27.0 Å². The number of hydrogen-bond donors (Lipinski definition) is 3. The first-order valence-corrected chi connectivity index (χ1v) is 11.2. The Bertz CT molecular complexity index is 1280. The molecule has 180 valence electrons. The molecule has 3 N–H and O–H groups in total. The second-order valence-corrected chi connectivity index (χ2v) is 8.34. The van der Waals surface area contributed by atoms with Crippen LogP contribution in [0.2, 0.25) is 15.1 Å². The molecule has 0 aliphatic carbocycles. The van der Waals surface area contributed by atoms with Gasteiger partial charge in [-0.1, -0.05) is 58.6 Å². The average Bonchev–Trinajstić information content (AvgIpc) is 2.83. The van der Waals surface area contributed by atoms with Crippen LogP contribution in [-0.2, 0) is 14.4 Å². The zero-order valence-electron chi connectivity index (χ0n) is 18.3. The molecule has 0 heterocycles. The van der Waals surface area contributed by atoms with Crippen molar-refractivity contribution < 1.29 is 19.1 Å². The molecular weight excluding hydrogens is 515 g/mol. The summed E-state index contributed by atoms with van der Waals surface area (Å²) in [6.07, 6.45) is 1.29. The minimum atomic E-state index is -1.01. The standard InChI is InChI=1S/C24H19Cl3N4O4/c1-14-5-8-16(9-6-14)29-21(32)13-35-20-10-7-15(11-18(20)26)12-28-31-24(34)23(33)30-19-4-2-3-17(25)22(19)27/h2-12H,13H2,1H3,(H,29,32)(H,30,33)(H,31,34)/b28-12-. The number of carbonyl (C=O) groups excluding carboxylic acids is 3. The fourth-order valence-corrected chi connectivity index (χ4v) is 3.28. The molecule has 0 saturated carbocycles. The average molecular weight is 534 g/mol. The van der Waals surface area contributed by atoms with Crippen LogP contribution >= 0.6 is 34.8 Å². The Morgan fingerprint density at radius 2 is 1.66 bits per heavy atom. The van der Waals surface area contributed by atoms with E-state index in [1.165, 1.54) is 18.3 Å². The Balaban J connectivity index is 1.49. The summed E-state index contributed by atoms with van der Waals surface area (Å²) in [4.78, 5) is 36.0. The van der Waals surface area contributed by atoms with Gasteiger partial charge in [-0.15, -0.1) is 0 Å². The minimum absolute atomic E-state index is 0.114. The van der Waals surface area contributed by atoms with Gasteiger partial charge in [0.25, 0.3) is 5.91 Å². The first-order chi connectivity index (χ1) is 16.7. The van der Waals surface area contributed by atoms with Crippen LogP contribution in [0.4, 0.5) is 11.4 Å². The zero-order valence-corrected chi connectivity index (χ0v) is 20.5. The third-order valence-electron chi connectivity index (χ3n) is 4.44. The van der Waals surface area contributed by atoms with E-state index in [2.05, 4.69) is 21.2 Å². The molecule has 3 rings (SSSR count). The molecule has 0 aliphatic heterocycles. The predicted molar refractivity (Wildman–Crippen MR) is 138 cm³/mol. The number of benzene rings is 3. The largest absolute Gasteiger partial charge is 0.482 e. The summed E-state index contributed by atoms with van der Waals surface area (Å²) in [5, 5.41) is 9.39. The molecule has 3 amide bonds. The Labute approximate surface area is 216 Å². The molecule has 0 spiro atoms. The van der Waals surface area contributed by atoms with Crippen LogP contribution in [0.15, 0.2) is 65.8 Å². The van der Waals surface area contributed by atoms with E-state index in [4.69, 9.17) is 39.5 Å². The van der Waals surface area contributed by atoms with Crippen LogP contribution in [0.25, 0.3) is 0 Å². The van der Waals surface area contributed by atoms with Gasteiger partial charge in [0, 0.05) is 5.69 Å². The summed E-state index contributed by atoms with van der Waals surface area (Å²) in [7, 11) is 0. The number of nitrogens with zero attached hydrogens (tertiary/aromatic N) is 1. The Morgan fingerprint density at radius 3 is 2.37 bits per heavy atom. The van der Waals surface area contributed by atoms with Crippen LogP contribution in [-0.4, -0.2) is 30.5 Å². The minimum Gasteiger partial charge on any atom is -0.482 e. The number of amides is 3. The second kappa shape index (κ2) is 12.2. The van der Waals surface area contributed by atoms with Gasteiger partial charge in [-0.3, -0.25) is 14.4 Å². The van der Waals surface area contributed by atoms with E-state index in [0.29, 0.717) is 17.0 Å². The normalized spacial score (nSPS) is 10.6. The Hall–Kier alpha value is -3.59. The molecule has 3 aromatic carbocycles. The maximum absolute atomic E-state index is 12.1. The monoisotopic (exact) mass is 532 g/mol. The third kappa shape index (κ3) is 7.71. The summed E-state index contributed by atoms with van der Waals surface area (Å²) in [5.74, 6) is -2.03. The number of anilines is 2. The van der Waals surface area contributed by atoms with Crippen molar-refractivity contribution in [1.82, 2.24) is 5.43 Å². The van der Waals surface area contributed by atoms with E-state index in [9.17, 15) is 14.4 Å². The highest BCUT2D eigenvalue weighted by molar-refractivity contribution is 6.45. The van der Waals surface area contributed by atoms with E-state index in [0.717, 1.165) is 5.56 Å². The van der Waals surface area contributed by atoms with Crippen molar-refractivity contribution in [1.29, 1.82) is 0 Å². The van der Waals surface area contributed by atoms with Crippen LogP contribution in [0, 0.1) is 6.92 Å². The number of nitrogens with one attached hydrogen (secondary N) is 3. The number of hydrogen-bond acceptors (Lipinski definition) is 5.